The molecule has 0 radical (unpaired) electrons. The fourth-order valence-corrected chi connectivity index (χ4v) is 3.59. The van der Waals surface area contributed by atoms with Crippen molar-refractivity contribution >= 4 is 17.7 Å². The van der Waals surface area contributed by atoms with E-state index < -0.39 is 0 Å². The molecule has 0 aromatic heterocycles. The van der Waals surface area contributed by atoms with E-state index in [9.17, 15) is 4.79 Å². The number of hydrogen-bond acceptors (Lipinski definition) is 2. The number of carbonyl (C=O) groups excluding carboxylic acids is 1. The van der Waals surface area contributed by atoms with Crippen LogP contribution < -0.4 is 5.32 Å². The quantitative estimate of drug-likeness (QED) is 0.724. The molecule has 1 N–H and O–H groups in total. The molecule has 0 aliphatic heterocycles. The maximum Gasteiger partial charge on any atom is 0.221 e. The average molecular weight is 342 g/mol. The van der Waals surface area contributed by atoms with E-state index in [4.69, 9.17) is 0 Å². The molecule has 24 heavy (non-hydrogen) atoms. The molecule has 2 rings (SSSR count). The van der Waals surface area contributed by atoms with Crippen molar-refractivity contribution in [2.24, 2.45) is 0 Å². The first-order chi connectivity index (χ1) is 11.4. The zero-order valence-electron chi connectivity index (χ0n) is 15.3. The summed E-state index contributed by atoms with van der Waals surface area (Å²) >= 11 is 1.73. The van der Waals surface area contributed by atoms with Gasteiger partial charge in [0.1, 0.15) is 0 Å². The van der Waals surface area contributed by atoms with Crippen LogP contribution in [0.1, 0.15) is 47.2 Å². The highest BCUT2D eigenvalue weighted by atomic mass is 32.2. The van der Waals surface area contributed by atoms with Crippen LogP contribution in [-0.2, 0) is 4.79 Å². The number of thioether (sulfide) groups is 1. The van der Waals surface area contributed by atoms with Gasteiger partial charge in [0.25, 0.3) is 0 Å². The molecule has 0 heterocycles. The molecule has 3 heteroatoms. The predicted octanol–water partition coefficient (Wildman–Crippen LogP) is 5.28. The van der Waals surface area contributed by atoms with Crippen molar-refractivity contribution in [1.82, 2.24) is 5.32 Å². The van der Waals surface area contributed by atoms with Gasteiger partial charge in [-0.15, -0.1) is 11.8 Å². The molecule has 2 aromatic carbocycles. The fraction of sp³-hybridized carbons (Fsp3) is 0.381. The number of nitrogens with one attached hydrogen (secondary N) is 1. The molecular formula is C21H27NOS. The summed E-state index contributed by atoms with van der Waals surface area (Å²) in [6.07, 6.45) is 0.534. The Balaban J connectivity index is 1.85. The van der Waals surface area contributed by atoms with Crippen molar-refractivity contribution in [2.45, 2.75) is 52.0 Å². The SMILES string of the molecule is Cc1ccc(SCCC(=O)N[C@H](C)c2cc(C)c(C)cc2C)cc1. The molecule has 0 saturated carbocycles. The summed E-state index contributed by atoms with van der Waals surface area (Å²) in [5, 5.41) is 3.13. The van der Waals surface area contributed by atoms with Gasteiger partial charge in [-0.2, -0.15) is 0 Å². The summed E-state index contributed by atoms with van der Waals surface area (Å²) in [7, 11) is 0. The third kappa shape index (κ3) is 5.13. The molecule has 0 bridgehead atoms. The maximum absolute atomic E-state index is 12.2. The Hall–Kier alpha value is -1.74. The minimum Gasteiger partial charge on any atom is -0.350 e. The molecule has 0 fully saturated rings. The van der Waals surface area contributed by atoms with E-state index in [-0.39, 0.29) is 11.9 Å². The molecule has 0 spiro atoms. The van der Waals surface area contributed by atoms with E-state index in [1.807, 2.05) is 0 Å². The van der Waals surface area contributed by atoms with Gasteiger partial charge in [-0.25, -0.2) is 0 Å². The smallest absolute Gasteiger partial charge is 0.221 e. The first kappa shape index (κ1) is 18.6. The minimum absolute atomic E-state index is 0.0428. The Kier molecular flexibility index (Phi) is 6.50. The van der Waals surface area contributed by atoms with Gasteiger partial charge in [-0.05, 0) is 69.0 Å². The number of rotatable bonds is 6. The van der Waals surface area contributed by atoms with Crippen molar-refractivity contribution in [3.8, 4) is 0 Å². The van der Waals surface area contributed by atoms with E-state index in [2.05, 4.69) is 76.3 Å². The van der Waals surface area contributed by atoms with Gasteiger partial charge in [0.2, 0.25) is 5.91 Å². The first-order valence-corrected chi connectivity index (χ1v) is 9.42. The Morgan fingerprint density at radius 1 is 1.00 bits per heavy atom. The zero-order valence-corrected chi connectivity index (χ0v) is 16.1. The standard InChI is InChI=1S/C21H27NOS/c1-14-6-8-19(9-7-14)24-11-10-21(23)22-18(5)20-13-16(3)15(2)12-17(20)4/h6-9,12-13,18H,10-11H2,1-5H3,(H,22,23)/t18-/m1/s1. The third-order valence-electron chi connectivity index (χ3n) is 4.35. The van der Waals surface area contributed by atoms with Crippen LogP contribution in [0.5, 0.6) is 0 Å². The third-order valence-corrected chi connectivity index (χ3v) is 5.36. The Morgan fingerprint density at radius 3 is 2.29 bits per heavy atom. The lowest BCUT2D eigenvalue weighted by Gasteiger charge is -2.18. The summed E-state index contributed by atoms with van der Waals surface area (Å²) in [6, 6.07) is 12.9. The summed E-state index contributed by atoms with van der Waals surface area (Å²) in [5.41, 5.74) is 6.27. The summed E-state index contributed by atoms with van der Waals surface area (Å²) in [6.45, 7) is 10.5. The normalized spacial score (nSPS) is 12.0. The van der Waals surface area contributed by atoms with Crippen molar-refractivity contribution in [1.29, 1.82) is 0 Å². The summed E-state index contributed by atoms with van der Waals surface area (Å²) in [4.78, 5) is 13.4. The lowest BCUT2D eigenvalue weighted by molar-refractivity contribution is -0.121. The average Bonchev–Trinajstić information content (AvgIpc) is 2.52. The van der Waals surface area contributed by atoms with Crippen LogP contribution in [0, 0.1) is 27.7 Å². The molecular weight excluding hydrogens is 314 g/mol. The number of carbonyl (C=O) groups is 1. The van der Waals surface area contributed by atoms with Gasteiger partial charge < -0.3 is 5.32 Å². The minimum atomic E-state index is 0.0428. The number of benzene rings is 2. The predicted molar refractivity (Wildman–Crippen MR) is 104 cm³/mol. The molecule has 0 saturated heterocycles. The van der Waals surface area contributed by atoms with Gasteiger partial charge in [0.05, 0.1) is 6.04 Å². The van der Waals surface area contributed by atoms with Crippen LogP contribution in [0.2, 0.25) is 0 Å². The molecule has 2 aromatic rings. The van der Waals surface area contributed by atoms with Crippen molar-refractivity contribution < 1.29 is 4.79 Å². The molecule has 2 nitrogen and oxygen atoms in total. The number of aryl methyl sites for hydroxylation is 4. The van der Waals surface area contributed by atoms with E-state index in [1.54, 1.807) is 11.8 Å². The molecule has 128 valence electrons. The van der Waals surface area contributed by atoms with Crippen LogP contribution in [0.4, 0.5) is 0 Å². The van der Waals surface area contributed by atoms with Crippen LogP contribution in [0.3, 0.4) is 0 Å². The van der Waals surface area contributed by atoms with Gasteiger partial charge in [-0.1, -0.05) is 29.8 Å². The van der Waals surface area contributed by atoms with Crippen molar-refractivity contribution in [3.05, 3.63) is 64.2 Å². The van der Waals surface area contributed by atoms with E-state index in [0.717, 1.165) is 5.75 Å². The zero-order chi connectivity index (χ0) is 17.7. The first-order valence-electron chi connectivity index (χ1n) is 8.43. The lowest BCUT2D eigenvalue weighted by Crippen LogP contribution is -2.27. The van der Waals surface area contributed by atoms with Gasteiger partial charge in [0.15, 0.2) is 0 Å². The summed E-state index contributed by atoms with van der Waals surface area (Å²) in [5.74, 6) is 0.910. The van der Waals surface area contributed by atoms with Crippen molar-refractivity contribution in [2.75, 3.05) is 5.75 Å². The van der Waals surface area contributed by atoms with Gasteiger partial charge in [-0.3, -0.25) is 4.79 Å². The van der Waals surface area contributed by atoms with Crippen LogP contribution in [-0.4, -0.2) is 11.7 Å². The molecule has 1 amide bonds. The topological polar surface area (TPSA) is 29.1 Å². The van der Waals surface area contributed by atoms with Gasteiger partial charge >= 0.3 is 0 Å². The van der Waals surface area contributed by atoms with Gasteiger partial charge in [0, 0.05) is 17.1 Å². The number of hydrogen-bond donors (Lipinski definition) is 1. The molecule has 0 aliphatic carbocycles. The second-order valence-corrected chi connectivity index (χ2v) is 7.66. The Morgan fingerprint density at radius 2 is 1.62 bits per heavy atom. The highest BCUT2D eigenvalue weighted by Crippen LogP contribution is 2.22. The van der Waals surface area contributed by atoms with Crippen LogP contribution in [0.15, 0.2) is 41.3 Å². The second kappa shape index (κ2) is 8.39. The second-order valence-electron chi connectivity index (χ2n) is 6.49. The Bertz CT molecular complexity index is 707. The van der Waals surface area contributed by atoms with Crippen LogP contribution >= 0.6 is 11.8 Å². The highest BCUT2D eigenvalue weighted by molar-refractivity contribution is 7.99. The summed E-state index contributed by atoms with van der Waals surface area (Å²) < 4.78 is 0. The monoisotopic (exact) mass is 341 g/mol. The molecule has 0 unspecified atom stereocenters. The number of amides is 1. The largest absolute Gasteiger partial charge is 0.350 e. The highest BCUT2D eigenvalue weighted by Gasteiger charge is 2.13. The Labute approximate surface area is 150 Å². The molecule has 1 atom stereocenters. The fourth-order valence-electron chi connectivity index (χ4n) is 2.74. The lowest BCUT2D eigenvalue weighted by atomic mass is 9.96. The van der Waals surface area contributed by atoms with Crippen LogP contribution in [0.25, 0.3) is 0 Å². The maximum atomic E-state index is 12.2. The molecule has 0 aliphatic rings. The van der Waals surface area contributed by atoms with E-state index in [1.165, 1.54) is 32.7 Å². The van der Waals surface area contributed by atoms with Crippen molar-refractivity contribution in [3.63, 3.8) is 0 Å². The van der Waals surface area contributed by atoms with E-state index in [0.29, 0.717) is 6.42 Å². The van der Waals surface area contributed by atoms with E-state index >= 15 is 0 Å².